The second kappa shape index (κ2) is 7.57. The molecule has 0 bridgehead atoms. The molecule has 1 amide bonds. The lowest BCUT2D eigenvalue weighted by Crippen LogP contribution is -2.15. The lowest BCUT2D eigenvalue weighted by atomic mass is 10.2. The van der Waals surface area contributed by atoms with Gasteiger partial charge in [-0.05, 0) is 36.8 Å². The normalized spacial score (nSPS) is 10.9. The Labute approximate surface area is 142 Å². The van der Waals surface area contributed by atoms with Gasteiger partial charge in [0, 0.05) is 23.0 Å². The summed E-state index contributed by atoms with van der Waals surface area (Å²) in [6.45, 7) is 1.77. The van der Waals surface area contributed by atoms with Crippen LogP contribution in [-0.2, 0) is 4.79 Å². The number of halogens is 3. The average Bonchev–Trinajstić information content (AvgIpc) is 2.54. The molecule has 4 nitrogen and oxygen atoms in total. The lowest BCUT2D eigenvalue weighted by molar-refractivity contribution is -0.112. The number of rotatable bonds is 4. The van der Waals surface area contributed by atoms with Gasteiger partial charge < -0.3 is 10.6 Å². The van der Waals surface area contributed by atoms with Crippen LogP contribution in [0, 0.1) is 29.9 Å². The molecule has 0 spiro atoms. The van der Waals surface area contributed by atoms with E-state index in [0.29, 0.717) is 10.7 Å². The summed E-state index contributed by atoms with van der Waals surface area (Å²) in [5.41, 5.74) is 0.715. The Morgan fingerprint density at radius 3 is 2.67 bits per heavy atom. The Morgan fingerprint density at radius 2 is 1.96 bits per heavy atom. The molecule has 0 aliphatic heterocycles. The fraction of sp³-hybridized carbons (Fsp3) is 0.0588. The quantitative estimate of drug-likeness (QED) is 0.637. The Bertz CT molecular complexity index is 859. The van der Waals surface area contributed by atoms with Gasteiger partial charge in [0.25, 0.3) is 5.91 Å². The predicted molar refractivity (Wildman–Crippen MR) is 88.5 cm³/mol. The molecule has 0 aliphatic rings. The van der Waals surface area contributed by atoms with Crippen molar-refractivity contribution in [3.63, 3.8) is 0 Å². The highest BCUT2D eigenvalue weighted by Gasteiger charge is 2.12. The van der Waals surface area contributed by atoms with Crippen molar-refractivity contribution in [3.8, 4) is 6.07 Å². The zero-order chi connectivity index (χ0) is 17.7. The van der Waals surface area contributed by atoms with Gasteiger partial charge in [-0.3, -0.25) is 4.79 Å². The van der Waals surface area contributed by atoms with Crippen molar-refractivity contribution in [3.05, 3.63) is 70.4 Å². The Hall–Kier alpha value is -2.91. The van der Waals surface area contributed by atoms with E-state index in [0.717, 1.165) is 30.0 Å². The number of aryl methyl sites for hydroxylation is 1. The number of hydrogen-bond acceptors (Lipinski definition) is 3. The fourth-order valence-electron chi connectivity index (χ4n) is 1.83. The first-order valence-electron chi connectivity index (χ1n) is 6.80. The largest absolute Gasteiger partial charge is 0.358 e. The summed E-state index contributed by atoms with van der Waals surface area (Å²) in [6, 6.07) is 9.44. The third kappa shape index (κ3) is 4.31. The second-order valence-corrected chi connectivity index (χ2v) is 5.29. The van der Waals surface area contributed by atoms with Crippen LogP contribution in [-0.4, -0.2) is 5.91 Å². The summed E-state index contributed by atoms with van der Waals surface area (Å²) < 4.78 is 26.6. The molecule has 0 radical (unpaired) electrons. The van der Waals surface area contributed by atoms with Crippen molar-refractivity contribution in [2.24, 2.45) is 0 Å². The molecule has 0 unspecified atom stereocenters. The van der Waals surface area contributed by atoms with Crippen LogP contribution in [0.4, 0.5) is 20.2 Å². The maximum absolute atomic E-state index is 13.5. The topological polar surface area (TPSA) is 64.9 Å². The monoisotopic (exact) mass is 347 g/mol. The van der Waals surface area contributed by atoms with E-state index in [1.54, 1.807) is 31.2 Å². The smallest absolute Gasteiger partial charge is 0.267 e. The van der Waals surface area contributed by atoms with Gasteiger partial charge in [0.05, 0.1) is 5.69 Å². The molecule has 0 saturated carbocycles. The Balaban J connectivity index is 2.18. The van der Waals surface area contributed by atoms with Crippen LogP contribution >= 0.6 is 11.6 Å². The number of nitrogens with one attached hydrogen (secondary N) is 2. The van der Waals surface area contributed by atoms with Gasteiger partial charge in [0.1, 0.15) is 23.3 Å². The molecular formula is C17H12ClF2N3O. The number of nitriles is 1. The number of benzene rings is 2. The van der Waals surface area contributed by atoms with Crippen LogP contribution in [0.3, 0.4) is 0 Å². The SMILES string of the molecule is Cc1ccc(Cl)cc1NC(=O)/C(C#N)=C\Nc1cc(F)ccc1F. The minimum Gasteiger partial charge on any atom is -0.358 e. The summed E-state index contributed by atoms with van der Waals surface area (Å²) in [5, 5.41) is 14.5. The van der Waals surface area contributed by atoms with Crippen LogP contribution in [0.2, 0.25) is 5.02 Å². The van der Waals surface area contributed by atoms with Crippen molar-refractivity contribution >= 4 is 28.9 Å². The molecule has 0 fully saturated rings. The third-order valence-electron chi connectivity index (χ3n) is 3.11. The minimum absolute atomic E-state index is 0.186. The van der Waals surface area contributed by atoms with E-state index in [4.69, 9.17) is 16.9 Å². The van der Waals surface area contributed by atoms with Crippen LogP contribution in [0.1, 0.15) is 5.56 Å². The first-order chi connectivity index (χ1) is 11.4. The zero-order valence-electron chi connectivity index (χ0n) is 12.5. The lowest BCUT2D eigenvalue weighted by Gasteiger charge is -2.09. The predicted octanol–water partition coefficient (Wildman–Crippen LogP) is 4.38. The Morgan fingerprint density at radius 1 is 1.21 bits per heavy atom. The van der Waals surface area contributed by atoms with E-state index < -0.39 is 17.5 Å². The summed E-state index contributed by atoms with van der Waals surface area (Å²) >= 11 is 5.87. The average molecular weight is 348 g/mol. The van der Waals surface area contributed by atoms with Gasteiger partial charge in [-0.2, -0.15) is 5.26 Å². The standard InChI is InChI=1S/C17H12ClF2N3O/c1-10-2-3-12(18)6-15(10)23-17(24)11(8-21)9-22-16-7-13(19)4-5-14(16)20/h2-7,9,22H,1H3,(H,23,24)/b11-9-. The van der Waals surface area contributed by atoms with Crippen molar-refractivity contribution in [2.45, 2.75) is 6.92 Å². The van der Waals surface area contributed by atoms with Crippen LogP contribution < -0.4 is 10.6 Å². The van der Waals surface area contributed by atoms with E-state index >= 15 is 0 Å². The molecule has 0 aromatic heterocycles. The number of hydrogen-bond donors (Lipinski definition) is 2. The molecule has 0 saturated heterocycles. The minimum atomic E-state index is -0.712. The molecular weight excluding hydrogens is 336 g/mol. The first-order valence-corrected chi connectivity index (χ1v) is 7.18. The number of amides is 1. The molecule has 2 rings (SSSR count). The molecule has 0 aliphatic carbocycles. The number of carbonyl (C=O) groups is 1. The fourth-order valence-corrected chi connectivity index (χ4v) is 2.00. The van der Waals surface area contributed by atoms with E-state index in [1.807, 2.05) is 0 Å². The van der Waals surface area contributed by atoms with Gasteiger partial charge in [0.15, 0.2) is 0 Å². The van der Waals surface area contributed by atoms with Crippen LogP contribution in [0.5, 0.6) is 0 Å². The second-order valence-electron chi connectivity index (χ2n) is 4.85. The van der Waals surface area contributed by atoms with E-state index in [2.05, 4.69) is 10.6 Å². The molecule has 0 heterocycles. The van der Waals surface area contributed by atoms with E-state index in [9.17, 15) is 13.6 Å². The molecule has 2 aromatic rings. The van der Waals surface area contributed by atoms with E-state index in [1.165, 1.54) is 0 Å². The van der Waals surface area contributed by atoms with Crippen molar-refractivity contribution in [1.82, 2.24) is 0 Å². The van der Waals surface area contributed by atoms with Gasteiger partial charge in [-0.25, -0.2) is 8.78 Å². The number of nitrogens with zero attached hydrogens (tertiary/aromatic N) is 1. The van der Waals surface area contributed by atoms with Crippen molar-refractivity contribution in [2.75, 3.05) is 10.6 Å². The Kier molecular flexibility index (Phi) is 5.51. The molecule has 122 valence electrons. The van der Waals surface area contributed by atoms with Gasteiger partial charge >= 0.3 is 0 Å². The molecule has 2 aromatic carbocycles. The molecule has 0 atom stereocenters. The third-order valence-corrected chi connectivity index (χ3v) is 3.35. The summed E-state index contributed by atoms with van der Waals surface area (Å²) in [7, 11) is 0. The highest BCUT2D eigenvalue weighted by molar-refractivity contribution is 6.31. The van der Waals surface area contributed by atoms with Crippen molar-refractivity contribution < 1.29 is 13.6 Å². The molecule has 24 heavy (non-hydrogen) atoms. The zero-order valence-corrected chi connectivity index (χ0v) is 13.3. The summed E-state index contributed by atoms with van der Waals surface area (Å²) in [5.74, 6) is -2.06. The van der Waals surface area contributed by atoms with Gasteiger partial charge in [-0.15, -0.1) is 0 Å². The maximum Gasteiger partial charge on any atom is 0.267 e. The van der Waals surface area contributed by atoms with Crippen LogP contribution in [0.25, 0.3) is 0 Å². The molecule has 2 N–H and O–H groups in total. The number of carbonyl (C=O) groups excluding carboxylic acids is 1. The van der Waals surface area contributed by atoms with Crippen molar-refractivity contribution in [1.29, 1.82) is 5.26 Å². The molecule has 7 heteroatoms. The van der Waals surface area contributed by atoms with E-state index in [-0.39, 0.29) is 11.3 Å². The highest BCUT2D eigenvalue weighted by atomic mass is 35.5. The van der Waals surface area contributed by atoms with Gasteiger partial charge in [-0.1, -0.05) is 17.7 Å². The number of anilines is 2. The summed E-state index contributed by atoms with van der Waals surface area (Å²) in [4.78, 5) is 12.1. The van der Waals surface area contributed by atoms with Gasteiger partial charge in [0.2, 0.25) is 0 Å². The highest BCUT2D eigenvalue weighted by Crippen LogP contribution is 2.21. The summed E-state index contributed by atoms with van der Waals surface area (Å²) in [6.07, 6.45) is 1.01. The van der Waals surface area contributed by atoms with Crippen LogP contribution in [0.15, 0.2) is 48.2 Å². The first kappa shape index (κ1) is 17.4. The maximum atomic E-state index is 13.5.